The number of allylic oxidation sites excluding steroid dienone is 3. The number of carbonyl (C=O) groups is 8. The minimum absolute atomic E-state index is 0.0586. The number of nitrogens with zero attached hydrogens (tertiary/aromatic N) is 1. The number of rotatable bonds is 18. The van der Waals surface area contributed by atoms with E-state index in [1.165, 1.54) is 19.1 Å². The maximum absolute atomic E-state index is 13.6. The van der Waals surface area contributed by atoms with Gasteiger partial charge in [0.1, 0.15) is 0 Å². The Balaban J connectivity index is 1.79. The topological polar surface area (TPSA) is 364 Å². The van der Waals surface area contributed by atoms with Crippen molar-refractivity contribution < 1.29 is 83.9 Å². The highest BCUT2D eigenvalue weighted by molar-refractivity contribution is 6.02. The van der Waals surface area contributed by atoms with Gasteiger partial charge in [-0.05, 0) is 67.0 Å². The smallest absolute Gasteiger partial charge is 0.308 e. The van der Waals surface area contributed by atoms with Crippen LogP contribution in [0.3, 0.4) is 0 Å². The number of carboxylic acids is 7. The van der Waals surface area contributed by atoms with Gasteiger partial charge in [-0.1, -0.05) is 13.8 Å². The van der Waals surface area contributed by atoms with Gasteiger partial charge in [0.2, 0.25) is 5.72 Å². The molecule has 21 heteroatoms. The molecular weight excluding hydrogens is 844 g/mol. The summed E-state index contributed by atoms with van der Waals surface area (Å²) < 4.78 is 6.08. The van der Waals surface area contributed by atoms with E-state index >= 15 is 0 Å². The van der Waals surface area contributed by atoms with E-state index < -0.39 is 133 Å². The Morgan fingerprint density at radius 2 is 1.22 bits per heavy atom. The molecule has 6 rings (SSSR count). The van der Waals surface area contributed by atoms with E-state index in [-0.39, 0.29) is 94.2 Å². The minimum Gasteiger partial charge on any atom is -0.481 e. The van der Waals surface area contributed by atoms with Crippen LogP contribution in [0.25, 0.3) is 6.08 Å². The first-order valence-electron chi connectivity index (χ1n) is 20.6. The normalized spacial score (nSPS) is 28.4. The molecule has 2 saturated heterocycles. The highest BCUT2D eigenvalue weighted by Crippen LogP contribution is 2.64. The summed E-state index contributed by atoms with van der Waals surface area (Å²) in [7, 11) is 0. The van der Waals surface area contributed by atoms with Gasteiger partial charge in [-0.2, -0.15) is 0 Å². The summed E-state index contributed by atoms with van der Waals surface area (Å²) in [6.07, 6.45) is -2.57. The number of hydrogen-bond donors (Lipinski definition) is 11. The third kappa shape index (κ3) is 8.38. The second-order valence-electron chi connectivity index (χ2n) is 17.6. The Kier molecular flexibility index (Phi) is 12.5. The standard InChI is InChI=1S/C43H50N4O17/c1-40(17-37(60)61)23(6-10-33(52)53)28-15-27-21(12-35(56)57)19(4-8-31(48)49)25(44-27)14-26-20(5-9-32(50)51)22(13-36(58)59)39(46-26)42(3,63)43-41(2,18-38(62)64-43)24(7-11-34(54)55)29(47-43)16-30(40)45-28/h15-16,23-24,44-46,63H,4-14,17-18H2,1-3H3,(H,48,49)(H,50,51)(H,52,53)(H,54,55)(H,56,57)(H,58,59)(H,60,61)/b28-15-,30-16-/t23-,24-,40+,41+,42+,43-/m1/s1. The van der Waals surface area contributed by atoms with Crippen molar-refractivity contribution in [1.82, 2.24) is 15.3 Å². The molecule has 4 aliphatic rings. The van der Waals surface area contributed by atoms with Crippen LogP contribution in [0.5, 0.6) is 0 Å². The zero-order valence-corrected chi connectivity index (χ0v) is 35.2. The van der Waals surface area contributed by atoms with Crippen molar-refractivity contribution in [2.24, 2.45) is 27.7 Å². The van der Waals surface area contributed by atoms with Crippen LogP contribution in [0.4, 0.5) is 0 Å². The minimum atomic E-state index is -2.52. The van der Waals surface area contributed by atoms with E-state index in [1.807, 2.05) is 0 Å². The van der Waals surface area contributed by atoms with Crippen molar-refractivity contribution in [3.05, 3.63) is 62.5 Å². The van der Waals surface area contributed by atoms with Crippen LogP contribution in [0, 0.1) is 22.7 Å². The first-order chi connectivity index (χ1) is 29.8. The number of carboxylic acid groups (broad SMARTS) is 7. The summed E-state index contributed by atoms with van der Waals surface area (Å²) in [5.74, 6) is -11.7. The molecule has 6 heterocycles. The van der Waals surface area contributed by atoms with Crippen molar-refractivity contribution in [2.45, 2.75) is 116 Å². The molecule has 0 aromatic carbocycles. The lowest BCUT2D eigenvalue weighted by Gasteiger charge is -2.45. The number of ether oxygens (including phenoxy) is 1. The summed E-state index contributed by atoms with van der Waals surface area (Å²) >= 11 is 0. The summed E-state index contributed by atoms with van der Waals surface area (Å²) in [6, 6.07) is 0. The zero-order chi connectivity index (χ0) is 47.3. The Labute approximate surface area is 363 Å². The lowest BCUT2D eigenvalue weighted by Crippen LogP contribution is -2.57. The molecule has 344 valence electrons. The van der Waals surface area contributed by atoms with Gasteiger partial charge in [0.15, 0.2) is 5.60 Å². The van der Waals surface area contributed by atoms with Crippen LogP contribution in [-0.2, 0) is 80.8 Å². The molecule has 6 atom stereocenters. The largest absolute Gasteiger partial charge is 0.481 e. The van der Waals surface area contributed by atoms with Crippen LogP contribution in [0.2, 0.25) is 0 Å². The quantitative estimate of drug-likeness (QED) is 0.0958. The van der Waals surface area contributed by atoms with Gasteiger partial charge in [0.05, 0.1) is 36.8 Å². The van der Waals surface area contributed by atoms with E-state index in [2.05, 4.69) is 15.3 Å². The van der Waals surface area contributed by atoms with Gasteiger partial charge in [0, 0.05) is 83.5 Å². The van der Waals surface area contributed by atoms with Crippen LogP contribution in [0.1, 0.15) is 117 Å². The highest BCUT2D eigenvalue weighted by Gasteiger charge is 2.74. The zero-order valence-electron chi connectivity index (χ0n) is 35.2. The van der Waals surface area contributed by atoms with Crippen molar-refractivity contribution in [1.29, 1.82) is 0 Å². The summed E-state index contributed by atoms with van der Waals surface area (Å²) in [6.45, 7) is 4.36. The molecule has 2 aromatic heterocycles. The number of aliphatic carboxylic acids is 7. The van der Waals surface area contributed by atoms with E-state index in [1.54, 1.807) is 13.8 Å². The second kappa shape index (κ2) is 17.1. The van der Waals surface area contributed by atoms with Crippen LogP contribution in [-0.4, -0.2) is 110 Å². The fourth-order valence-corrected chi connectivity index (χ4v) is 10.5. The molecule has 1 spiro atoms. The number of H-pyrrole nitrogens is 2. The first kappa shape index (κ1) is 46.7. The predicted octanol–water partition coefficient (Wildman–Crippen LogP) is 2.82. The molecule has 0 radical (unpaired) electrons. The van der Waals surface area contributed by atoms with Gasteiger partial charge in [0.25, 0.3) is 0 Å². The monoisotopic (exact) mass is 894 g/mol. The molecule has 2 aromatic rings. The van der Waals surface area contributed by atoms with Crippen LogP contribution in [0.15, 0.2) is 22.5 Å². The van der Waals surface area contributed by atoms with E-state index in [0.29, 0.717) is 0 Å². The number of carbonyl (C=O) groups excluding carboxylic acids is 1. The van der Waals surface area contributed by atoms with Crippen molar-refractivity contribution >= 4 is 59.5 Å². The van der Waals surface area contributed by atoms with Gasteiger partial charge < -0.3 is 60.9 Å². The summed E-state index contributed by atoms with van der Waals surface area (Å²) in [5, 5.41) is 86.5. The van der Waals surface area contributed by atoms with E-state index in [9.17, 15) is 79.2 Å². The molecule has 0 saturated carbocycles. The maximum Gasteiger partial charge on any atom is 0.308 e. The average molecular weight is 895 g/mol. The number of esters is 1. The molecular formula is C43H50N4O17. The Morgan fingerprint density at radius 3 is 1.77 bits per heavy atom. The number of aromatic nitrogens is 2. The number of aliphatic imine (C=N–C) groups is 1. The molecule has 64 heavy (non-hydrogen) atoms. The van der Waals surface area contributed by atoms with Crippen molar-refractivity contribution in [2.75, 3.05) is 0 Å². The molecule has 0 amide bonds. The number of fused-ring (bicyclic) bond motifs is 6. The summed E-state index contributed by atoms with van der Waals surface area (Å²) in [4.78, 5) is 111. The predicted molar refractivity (Wildman–Crippen MR) is 218 cm³/mol. The second-order valence-corrected chi connectivity index (χ2v) is 17.6. The lowest BCUT2D eigenvalue weighted by molar-refractivity contribution is -0.200. The molecule has 4 aliphatic heterocycles. The molecule has 0 unspecified atom stereocenters. The molecule has 2 fully saturated rings. The number of aliphatic hydroxyl groups is 1. The summed E-state index contributed by atoms with van der Waals surface area (Å²) in [5.41, 5.74) is -6.78. The SMILES string of the molecule is C[C@]1(O)c2[nH]c(c(CCC(=O)O)c2CC(=O)O)Cc2[nH]c(c(CC(=O)O)c2CCC(=O)O)/C=C2\N/C(=C\C3=N[C@]14OC(=O)C[C@@]4(C)[C@@H]3CCC(=O)O)[C@@](C)(CC(=O)O)[C@@H]2CCC(=O)O. The number of nitrogens with one attached hydrogen (secondary N) is 3. The lowest BCUT2D eigenvalue weighted by atomic mass is 9.62. The van der Waals surface area contributed by atoms with E-state index in [4.69, 9.17) is 9.73 Å². The Hall–Kier alpha value is -6.77. The highest BCUT2D eigenvalue weighted by atomic mass is 16.6. The third-order valence-corrected chi connectivity index (χ3v) is 13.4. The van der Waals surface area contributed by atoms with Gasteiger partial charge in [-0.3, -0.25) is 38.4 Å². The van der Waals surface area contributed by atoms with Crippen LogP contribution >= 0.6 is 0 Å². The molecule has 8 bridgehead atoms. The fraction of sp³-hybridized carbons (Fsp3) is 0.512. The van der Waals surface area contributed by atoms with Gasteiger partial charge >= 0.3 is 47.8 Å². The first-order valence-corrected chi connectivity index (χ1v) is 20.6. The van der Waals surface area contributed by atoms with Gasteiger partial charge in [-0.15, -0.1) is 0 Å². The molecule has 0 aliphatic carbocycles. The molecule has 11 N–H and O–H groups in total. The number of hydrogen-bond acceptors (Lipinski definition) is 12. The average Bonchev–Trinajstić information content (AvgIpc) is 3.87. The number of aromatic amines is 2. The van der Waals surface area contributed by atoms with Crippen LogP contribution < -0.4 is 5.32 Å². The van der Waals surface area contributed by atoms with Crippen molar-refractivity contribution in [3.63, 3.8) is 0 Å². The maximum atomic E-state index is 13.6. The van der Waals surface area contributed by atoms with Crippen molar-refractivity contribution in [3.8, 4) is 0 Å². The Bertz CT molecular complexity index is 2450. The molecule has 21 nitrogen and oxygen atoms in total. The third-order valence-electron chi connectivity index (χ3n) is 13.4. The van der Waals surface area contributed by atoms with E-state index in [0.717, 1.165) is 0 Å². The fourth-order valence-electron chi connectivity index (χ4n) is 10.5. The Morgan fingerprint density at radius 1 is 0.688 bits per heavy atom. The van der Waals surface area contributed by atoms with Gasteiger partial charge in [-0.25, -0.2) is 4.99 Å².